The molecule has 1 aromatic rings. The average Bonchev–Trinajstić information content (AvgIpc) is 3.07. The number of rotatable bonds is 4. The van der Waals surface area contributed by atoms with E-state index in [-0.39, 0.29) is 5.91 Å². The number of nitrogens with zero attached hydrogens (tertiary/aromatic N) is 1. The summed E-state index contributed by atoms with van der Waals surface area (Å²) in [7, 11) is 0. The Bertz CT molecular complexity index is 457. The first-order valence-corrected chi connectivity index (χ1v) is 8.41. The highest BCUT2D eigenvalue weighted by atomic mass is 32.1. The third kappa shape index (κ3) is 2.69. The van der Waals surface area contributed by atoms with Gasteiger partial charge in [-0.3, -0.25) is 4.79 Å². The Hall–Kier alpha value is -0.900. The lowest BCUT2D eigenvalue weighted by molar-refractivity contribution is 0.0922. The molecule has 2 saturated carbocycles. The van der Waals surface area contributed by atoms with Crippen molar-refractivity contribution >= 4 is 17.2 Å². The van der Waals surface area contributed by atoms with Crippen molar-refractivity contribution in [3.63, 3.8) is 0 Å². The largest absolute Gasteiger partial charge is 0.348 e. The molecular formula is C15H22N2OS. The summed E-state index contributed by atoms with van der Waals surface area (Å²) in [5, 5.41) is 6.21. The van der Waals surface area contributed by atoms with E-state index in [1.807, 2.05) is 5.38 Å². The van der Waals surface area contributed by atoms with Crippen LogP contribution < -0.4 is 5.32 Å². The summed E-state index contributed by atoms with van der Waals surface area (Å²) >= 11 is 1.61. The number of thiazole rings is 1. The summed E-state index contributed by atoms with van der Waals surface area (Å²) in [6.07, 6.45) is 8.54. The Morgan fingerprint density at radius 1 is 1.42 bits per heavy atom. The smallest absolute Gasteiger partial charge is 0.270 e. The van der Waals surface area contributed by atoms with Crippen LogP contribution in [0.15, 0.2) is 5.38 Å². The quantitative estimate of drug-likeness (QED) is 0.917. The van der Waals surface area contributed by atoms with Crippen LogP contribution in [-0.4, -0.2) is 16.9 Å². The van der Waals surface area contributed by atoms with Crippen molar-refractivity contribution in [2.24, 2.45) is 11.8 Å². The summed E-state index contributed by atoms with van der Waals surface area (Å²) in [5.41, 5.74) is 0.620. The molecule has 3 nitrogen and oxygen atoms in total. The van der Waals surface area contributed by atoms with E-state index in [1.165, 1.54) is 25.7 Å². The highest BCUT2D eigenvalue weighted by Crippen LogP contribution is 2.44. The molecule has 0 spiro atoms. The summed E-state index contributed by atoms with van der Waals surface area (Å²) < 4.78 is 0. The first-order chi connectivity index (χ1) is 9.28. The minimum absolute atomic E-state index is 0.0381. The lowest BCUT2D eigenvalue weighted by atomic mass is 9.97. The van der Waals surface area contributed by atoms with Crippen molar-refractivity contribution in [1.29, 1.82) is 0 Å². The van der Waals surface area contributed by atoms with Crippen molar-refractivity contribution in [2.45, 2.75) is 57.9 Å². The van der Waals surface area contributed by atoms with Gasteiger partial charge in [0.1, 0.15) is 5.69 Å². The van der Waals surface area contributed by atoms with Gasteiger partial charge in [-0.1, -0.05) is 19.8 Å². The monoisotopic (exact) mass is 278 g/mol. The number of carbonyl (C=O) groups excluding carboxylic acids is 1. The van der Waals surface area contributed by atoms with Gasteiger partial charge in [0.25, 0.3) is 5.91 Å². The van der Waals surface area contributed by atoms with Crippen LogP contribution in [-0.2, 0) is 6.42 Å². The Morgan fingerprint density at radius 2 is 2.32 bits per heavy atom. The van der Waals surface area contributed by atoms with E-state index in [2.05, 4.69) is 17.2 Å². The number of aromatic nitrogens is 1. The van der Waals surface area contributed by atoms with Crippen LogP contribution in [0.3, 0.4) is 0 Å². The minimum atomic E-state index is 0.0381. The molecule has 1 N–H and O–H groups in total. The second-order valence-electron chi connectivity index (χ2n) is 5.89. The second kappa shape index (κ2) is 5.61. The minimum Gasteiger partial charge on any atom is -0.348 e. The second-order valence-corrected chi connectivity index (χ2v) is 6.83. The Kier molecular flexibility index (Phi) is 3.87. The number of fused-ring (bicyclic) bond motifs is 1. The predicted molar refractivity (Wildman–Crippen MR) is 77.4 cm³/mol. The molecule has 0 aromatic carbocycles. The summed E-state index contributed by atoms with van der Waals surface area (Å²) in [5.74, 6) is 1.64. The van der Waals surface area contributed by atoms with Gasteiger partial charge in [-0.25, -0.2) is 4.98 Å². The van der Waals surface area contributed by atoms with E-state index in [9.17, 15) is 4.79 Å². The number of carbonyl (C=O) groups is 1. The Morgan fingerprint density at radius 3 is 3.16 bits per heavy atom. The van der Waals surface area contributed by atoms with Crippen molar-refractivity contribution in [2.75, 3.05) is 0 Å². The molecule has 0 bridgehead atoms. The SMILES string of the molecule is CCCc1nc(C(=O)N[C@@H]2CC[C@H]3CCC[C@H]32)cs1. The fraction of sp³-hybridized carbons (Fsp3) is 0.733. The van der Waals surface area contributed by atoms with Gasteiger partial charge in [-0.15, -0.1) is 11.3 Å². The predicted octanol–water partition coefficient (Wildman–Crippen LogP) is 3.40. The molecule has 2 aliphatic carbocycles. The van der Waals surface area contributed by atoms with Crippen LogP contribution in [0, 0.1) is 11.8 Å². The van der Waals surface area contributed by atoms with E-state index in [0.29, 0.717) is 11.7 Å². The average molecular weight is 278 g/mol. The molecule has 1 aromatic heterocycles. The standard InChI is InChI=1S/C15H22N2OS/c1-2-4-14-16-13(9-19-14)15(18)17-12-8-7-10-5-3-6-11(10)12/h9-12H,2-8H2,1H3,(H,17,18)/t10-,11-,12-/m1/s1. The first kappa shape index (κ1) is 13.1. The van der Waals surface area contributed by atoms with Crippen molar-refractivity contribution < 1.29 is 4.79 Å². The van der Waals surface area contributed by atoms with Gasteiger partial charge < -0.3 is 5.32 Å². The highest BCUT2D eigenvalue weighted by molar-refractivity contribution is 7.09. The topological polar surface area (TPSA) is 42.0 Å². The molecule has 19 heavy (non-hydrogen) atoms. The van der Waals surface area contributed by atoms with Gasteiger partial charge in [0.2, 0.25) is 0 Å². The highest BCUT2D eigenvalue weighted by Gasteiger charge is 2.39. The van der Waals surface area contributed by atoms with E-state index in [1.54, 1.807) is 11.3 Å². The Balaban J connectivity index is 1.61. The van der Waals surface area contributed by atoms with Crippen LogP contribution in [0.25, 0.3) is 0 Å². The molecule has 4 heteroatoms. The van der Waals surface area contributed by atoms with Crippen molar-refractivity contribution in [3.05, 3.63) is 16.1 Å². The van der Waals surface area contributed by atoms with Gasteiger partial charge in [-0.2, -0.15) is 0 Å². The zero-order chi connectivity index (χ0) is 13.2. The maximum absolute atomic E-state index is 12.2. The third-order valence-electron chi connectivity index (χ3n) is 4.65. The maximum Gasteiger partial charge on any atom is 0.270 e. The van der Waals surface area contributed by atoms with E-state index >= 15 is 0 Å². The van der Waals surface area contributed by atoms with Crippen LogP contribution in [0.2, 0.25) is 0 Å². The maximum atomic E-state index is 12.2. The normalized spacial score (nSPS) is 29.4. The fourth-order valence-electron chi connectivity index (χ4n) is 3.73. The number of hydrogen-bond donors (Lipinski definition) is 1. The number of hydrogen-bond acceptors (Lipinski definition) is 3. The molecule has 2 fully saturated rings. The van der Waals surface area contributed by atoms with Crippen molar-refractivity contribution in [1.82, 2.24) is 10.3 Å². The van der Waals surface area contributed by atoms with E-state index < -0.39 is 0 Å². The van der Waals surface area contributed by atoms with Crippen LogP contribution >= 0.6 is 11.3 Å². The molecule has 3 atom stereocenters. The van der Waals surface area contributed by atoms with Gasteiger partial charge in [0, 0.05) is 11.4 Å². The molecule has 1 amide bonds. The number of amides is 1. The zero-order valence-corrected chi connectivity index (χ0v) is 12.3. The number of nitrogens with one attached hydrogen (secondary N) is 1. The van der Waals surface area contributed by atoms with Crippen molar-refractivity contribution in [3.8, 4) is 0 Å². The zero-order valence-electron chi connectivity index (χ0n) is 11.5. The van der Waals surface area contributed by atoms with Crippen LogP contribution in [0.1, 0.15) is 60.9 Å². The molecule has 104 valence electrons. The first-order valence-electron chi connectivity index (χ1n) is 7.53. The molecule has 0 aliphatic heterocycles. The fourth-order valence-corrected chi connectivity index (χ4v) is 4.61. The van der Waals surface area contributed by atoms with Gasteiger partial charge >= 0.3 is 0 Å². The molecule has 0 saturated heterocycles. The number of aryl methyl sites for hydroxylation is 1. The lowest BCUT2D eigenvalue weighted by Crippen LogP contribution is -2.37. The molecule has 1 heterocycles. The lowest BCUT2D eigenvalue weighted by Gasteiger charge is -2.19. The summed E-state index contributed by atoms with van der Waals surface area (Å²) in [6, 6.07) is 0.399. The van der Waals surface area contributed by atoms with Crippen LogP contribution in [0.4, 0.5) is 0 Å². The van der Waals surface area contributed by atoms with Gasteiger partial charge in [0.05, 0.1) is 5.01 Å². The molecular weight excluding hydrogens is 256 g/mol. The Labute approximate surface area is 118 Å². The molecule has 0 radical (unpaired) electrons. The van der Waals surface area contributed by atoms with E-state index in [4.69, 9.17) is 0 Å². The molecule has 2 aliphatic rings. The van der Waals surface area contributed by atoms with Crippen LogP contribution in [0.5, 0.6) is 0 Å². The van der Waals surface area contributed by atoms with E-state index in [0.717, 1.165) is 36.1 Å². The molecule has 0 unspecified atom stereocenters. The summed E-state index contributed by atoms with van der Waals surface area (Å²) in [4.78, 5) is 16.7. The third-order valence-corrected chi connectivity index (χ3v) is 5.56. The molecule has 3 rings (SSSR count). The van der Waals surface area contributed by atoms with Gasteiger partial charge in [0.15, 0.2) is 0 Å². The summed E-state index contributed by atoms with van der Waals surface area (Å²) in [6.45, 7) is 2.14. The van der Waals surface area contributed by atoms with Gasteiger partial charge in [-0.05, 0) is 43.9 Å².